The fourth-order valence-corrected chi connectivity index (χ4v) is 6.04. The fourth-order valence-electron chi connectivity index (χ4n) is 5.85. The number of ketones is 1. The Morgan fingerprint density at radius 1 is 0.970 bits per heavy atom. The summed E-state index contributed by atoms with van der Waals surface area (Å²) in [4.78, 5) is 39.6. The molecule has 7 rings (SSSR count). The number of anilines is 1. The standard InChI is InChI=1S/C25H18ClF2NO4/c26-17-7-11(1-5-18(17)27)21(30)10-33-12-2-6-20(19(28)8-12)29-24(31)22-13-3-4-14(16-9-15(13)16)23(22)25(29)32/h1-8,13-16,22-23H,9-10H2/t13-,14?,15?,16?,22?,23?/m1/s1. The van der Waals surface area contributed by atoms with Crippen molar-refractivity contribution in [1.82, 2.24) is 0 Å². The molecule has 5 unspecified atom stereocenters. The van der Waals surface area contributed by atoms with Gasteiger partial charge >= 0.3 is 0 Å². The summed E-state index contributed by atoms with van der Waals surface area (Å²) in [5.74, 6) is -2.27. The summed E-state index contributed by atoms with van der Waals surface area (Å²) in [6.07, 6.45) is 5.18. The third kappa shape index (κ3) is 3.05. The number of imide groups is 1. The lowest BCUT2D eigenvalue weighted by molar-refractivity contribution is -0.124. The van der Waals surface area contributed by atoms with Gasteiger partial charge in [-0.15, -0.1) is 0 Å². The Kier molecular flexibility index (Phi) is 4.49. The average Bonchev–Trinajstić information content (AvgIpc) is 3.58. The lowest BCUT2D eigenvalue weighted by atomic mass is 9.63. The van der Waals surface area contributed by atoms with Crippen LogP contribution in [0.25, 0.3) is 0 Å². The van der Waals surface area contributed by atoms with E-state index in [1.165, 1.54) is 24.3 Å². The van der Waals surface area contributed by atoms with Crippen LogP contribution in [0.2, 0.25) is 5.02 Å². The molecule has 5 nitrogen and oxygen atoms in total. The van der Waals surface area contributed by atoms with Crippen LogP contribution in [0.3, 0.4) is 0 Å². The summed E-state index contributed by atoms with van der Waals surface area (Å²) < 4.78 is 33.6. The first-order valence-electron chi connectivity index (χ1n) is 10.8. The number of rotatable bonds is 5. The molecule has 6 atom stereocenters. The molecule has 2 aromatic carbocycles. The van der Waals surface area contributed by atoms with E-state index in [1.807, 2.05) is 0 Å². The van der Waals surface area contributed by atoms with Crippen molar-refractivity contribution in [3.8, 4) is 5.75 Å². The number of benzene rings is 2. The molecule has 0 aromatic heterocycles. The van der Waals surface area contributed by atoms with Gasteiger partial charge in [-0.3, -0.25) is 14.4 Å². The smallest absolute Gasteiger partial charge is 0.238 e. The maximum Gasteiger partial charge on any atom is 0.238 e. The van der Waals surface area contributed by atoms with E-state index in [0.29, 0.717) is 11.8 Å². The monoisotopic (exact) mass is 469 g/mol. The van der Waals surface area contributed by atoms with Gasteiger partial charge in [0, 0.05) is 11.6 Å². The van der Waals surface area contributed by atoms with Crippen molar-refractivity contribution in [1.29, 1.82) is 0 Å². The van der Waals surface area contributed by atoms with Gasteiger partial charge in [0.25, 0.3) is 0 Å². The molecule has 8 heteroatoms. The predicted octanol–water partition coefficient (Wildman–Crippen LogP) is 4.44. The normalized spacial score (nSPS) is 30.9. The number of allylic oxidation sites excluding steroid dienone is 2. The highest BCUT2D eigenvalue weighted by Gasteiger charge is 2.67. The summed E-state index contributed by atoms with van der Waals surface area (Å²) >= 11 is 5.70. The van der Waals surface area contributed by atoms with Crippen molar-refractivity contribution in [2.75, 3.05) is 11.5 Å². The second-order valence-electron chi connectivity index (χ2n) is 9.12. The van der Waals surface area contributed by atoms with E-state index in [-0.39, 0.29) is 45.7 Å². The van der Waals surface area contributed by atoms with Gasteiger partial charge in [-0.05, 0) is 60.4 Å². The van der Waals surface area contributed by atoms with E-state index in [9.17, 15) is 23.2 Å². The number of hydrogen-bond donors (Lipinski definition) is 0. The Morgan fingerprint density at radius 2 is 1.64 bits per heavy atom. The molecule has 0 spiro atoms. The molecule has 0 N–H and O–H groups in total. The first-order valence-corrected chi connectivity index (χ1v) is 11.2. The van der Waals surface area contributed by atoms with Crippen LogP contribution >= 0.6 is 11.6 Å². The van der Waals surface area contributed by atoms with Crippen LogP contribution in [0.15, 0.2) is 48.6 Å². The van der Waals surface area contributed by atoms with Gasteiger partial charge in [-0.1, -0.05) is 23.8 Å². The molecular formula is C25H18ClF2NO4. The van der Waals surface area contributed by atoms with E-state index in [2.05, 4.69) is 12.2 Å². The first kappa shape index (κ1) is 20.5. The summed E-state index contributed by atoms with van der Waals surface area (Å²) in [5.41, 5.74) is 0.0621. The minimum atomic E-state index is -0.782. The molecule has 2 aromatic rings. The second kappa shape index (κ2) is 7.22. The average molecular weight is 470 g/mol. The van der Waals surface area contributed by atoms with Gasteiger partial charge in [0.2, 0.25) is 11.8 Å². The van der Waals surface area contributed by atoms with Crippen molar-refractivity contribution in [3.05, 3.63) is 70.8 Å². The molecule has 2 bridgehead atoms. The molecule has 3 fully saturated rings. The summed E-state index contributed by atoms with van der Waals surface area (Å²) in [6, 6.07) is 7.35. The zero-order chi connectivity index (χ0) is 23.0. The number of carbonyl (C=O) groups excluding carboxylic acids is 3. The Labute approximate surface area is 193 Å². The first-order chi connectivity index (χ1) is 15.8. The molecule has 4 aliphatic carbocycles. The van der Waals surface area contributed by atoms with Crippen molar-refractivity contribution < 1.29 is 27.9 Å². The molecule has 1 saturated heterocycles. The quantitative estimate of drug-likeness (QED) is 0.369. The molecule has 33 heavy (non-hydrogen) atoms. The Morgan fingerprint density at radius 3 is 2.24 bits per heavy atom. The second-order valence-corrected chi connectivity index (χ2v) is 9.53. The fraction of sp³-hybridized carbons (Fsp3) is 0.320. The maximum atomic E-state index is 15.0. The Hall–Kier alpha value is -3.06. The van der Waals surface area contributed by atoms with Crippen LogP contribution in [0.5, 0.6) is 5.75 Å². The van der Waals surface area contributed by atoms with Crippen LogP contribution in [0.1, 0.15) is 16.8 Å². The highest BCUT2D eigenvalue weighted by Crippen LogP contribution is 2.65. The van der Waals surface area contributed by atoms with Crippen LogP contribution < -0.4 is 9.64 Å². The Bertz CT molecular complexity index is 1220. The number of amides is 2. The number of halogens is 3. The van der Waals surface area contributed by atoms with E-state index >= 15 is 0 Å². The van der Waals surface area contributed by atoms with E-state index < -0.39 is 35.9 Å². The van der Waals surface area contributed by atoms with Gasteiger partial charge < -0.3 is 4.74 Å². The number of hydrogen-bond acceptors (Lipinski definition) is 4. The summed E-state index contributed by atoms with van der Waals surface area (Å²) in [7, 11) is 0. The van der Waals surface area contributed by atoms with Gasteiger partial charge in [-0.2, -0.15) is 0 Å². The molecule has 1 aliphatic heterocycles. The number of ether oxygens (including phenoxy) is 1. The minimum Gasteiger partial charge on any atom is -0.485 e. The third-order valence-corrected chi connectivity index (χ3v) is 7.72. The topological polar surface area (TPSA) is 63.7 Å². The largest absolute Gasteiger partial charge is 0.485 e. The zero-order valence-corrected chi connectivity index (χ0v) is 18.0. The molecular weight excluding hydrogens is 452 g/mol. The van der Waals surface area contributed by atoms with Crippen LogP contribution in [0, 0.1) is 47.1 Å². The number of nitrogens with zero attached hydrogens (tertiary/aromatic N) is 1. The highest BCUT2D eigenvalue weighted by atomic mass is 35.5. The lowest BCUT2D eigenvalue weighted by Crippen LogP contribution is -2.40. The minimum absolute atomic E-state index is 0.0584. The van der Waals surface area contributed by atoms with Crippen LogP contribution in [-0.2, 0) is 9.59 Å². The van der Waals surface area contributed by atoms with Crippen molar-refractivity contribution in [2.45, 2.75) is 6.42 Å². The molecule has 1 heterocycles. The van der Waals surface area contributed by atoms with E-state index in [0.717, 1.165) is 23.5 Å². The van der Waals surface area contributed by atoms with Gasteiger partial charge in [-0.25, -0.2) is 13.7 Å². The van der Waals surface area contributed by atoms with E-state index in [1.54, 1.807) is 0 Å². The highest BCUT2D eigenvalue weighted by molar-refractivity contribution is 6.31. The molecule has 168 valence electrons. The molecule has 2 saturated carbocycles. The number of Topliss-reactive ketones (excluding diaryl/α,β-unsaturated/α-hetero) is 1. The third-order valence-electron chi connectivity index (χ3n) is 7.43. The predicted molar refractivity (Wildman–Crippen MR) is 115 cm³/mol. The van der Waals surface area contributed by atoms with Crippen molar-refractivity contribution in [2.24, 2.45) is 35.5 Å². The van der Waals surface area contributed by atoms with Crippen molar-refractivity contribution in [3.63, 3.8) is 0 Å². The maximum absolute atomic E-state index is 15.0. The van der Waals surface area contributed by atoms with Gasteiger partial charge in [0.1, 0.15) is 11.6 Å². The SMILES string of the molecule is O=C(COc1ccc(N2C(=O)C3C4C=C[C@H](C5CC45)C3C2=O)c(F)c1)c1ccc(F)c(Cl)c1. The summed E-state index contributed by atoms with van der Waals surface area (Å²) in [6.45, 7) is -0.412. The van der Waals surface area contributed by atoms with E-state index in [4.69, 9.17) is 16.3 Å². The van der Waals surface area contributed by atoms with Crippen LogP contribution in [0.4, 0.5) is 14.5 Å². The van der Waals surface area contributed by atoms with Crippen molar-refractivity contribution >= 4 is 34.9 Å². The Balaban J connectivity index is 1.19. The zero-order valence-electron chi connectivity index (χ0n) is 17.2. The van der Waals surface area contributed by atoms with Gasteiger partial charge in [0.05, 0.1) is 22.5 Å². The molecule has 0 radical (unpaired) electrons. The van der Waals surface area contributed by atoms with Gasteiger partial charge in [0.15, 0.2) is 18.2 Å². The lowest BCUT2D eigenvalue weighted by Gasteiger charge is -2.37. The van der Waals surface area contributed by atoms with Crippen LogP contribution in [-0.4, -0.2) is 24.2 Å². The molecule has 2 amide bonds. The number of carbonyl (C=O) groups is 3. The molecule has 5 aliphatic rings. The summed E-state index contributed by atoms with van der Waals surface area (Å²) in [5, 5.41) is -0.183.